The number of carbonyl (C=O) groups excluding carboxylic acids is 1. The predicted molar refractivity (Wildman–Crippen MR) is 83.7 cm³/mol. The Labute approximate surface area is 128 Å². The Kier molecular flexibility index (Phi) is 4.73. The quantitative estimate of drug-likeness (QED) is 0.831. The van der Waals surface area contributed by atoms with E-state index < -0.39 is 5.97 Å². The molecule has 0 aliphatic carbocycles. The summed E-state index contributed by atoms with van der Waals surface area (Å²) in [4.78, 5) is 22.7. The normalized spacial score (nSPS) is 10.8. The second-order valence-electron chi connectivity index (χ2n) is 4.73. The number of rotatable bonds is 5. The number of hydrogen-bond donors (Lipinski definition) is 2. The van der Waals surface area contributed by atoms with E-state index in [1.165, 1.54) is 6.08 Å². The van der Waals surface area contributed by atoms with Crippen LogP contribution in [0.2, 0.25) is 0 Å². The third-order valence-electron chi connectivity index (χ3n) is 3.02. The molecule has 0 aliphatic rings. The lowest BCUT2D eigenvalue weighted by Gasteiger charge is -2.07. The third-order valence-corrected chi connectivity index (χ3v) is 3.02. The zero-order chi connectivity index (χ0) is 16.1. The van der Waals surface area contributed by atoms with Crippen LogP contribution in [-0.2, 0) is 11.3 Å². The van der Waals surface area contributed by atoms with E-state index >= 15 is 0 Å². The number of amides is 1. The van der Waals surface area contributed by atoms with Gasteiger partial charge in [0.1, 0.15) is 5.69 Å². The average molecular weight is 299 g/mol. The Morgan fingerprint density at radius 3 is 2.59 bits per heavy atom. The van der Waals surface area contributed by atoms with Gasteiger partial charge in [0.05, 0.1) is 5.69 Å². The first-order valence-corrected chi connectivity index (χ1v) is 6.86. The Morgan fingerprint density at radius 1 is 1.32 bits per heavy atom. The lowest BCUT2D eigenvalue weighted by Crippen LogP contribution is -2.17. The minimum absolute atomic E-state index is 0.226. The summed E-state index contributed by atoms with van der Waals surface area (Å²) in [6.07, 6.45) is 2.56. The van der Waals surface area contributed by atoms with Gasteiger partial charge in [-0.1, -0.05) is 12.1 Å². The van der Waals surface area contributed by atoms with Gasteiger partial charge in [0, 0.05) is 18.3 Å². The molecule has 0 fully saturated rings. The van der Waals surface area contributed by atoms with Crippen molar-refractivity contribution in [1.29, 1.82) is 0 Å². The van der Waals surface area contributed by atoms with Crippen molar-refractivity contribution in [3.05, 3.63) is 53.4 Å². The van der Waals surface area contributed by atoms with Crippen molar-refractivity contribution >= 4 is 23.6 Å². The molecule has 0 aliphatic heterocycles. The van der Waals surface area contributed by atoms with Crippen LogP contribution in [0, 0.1) is 6.92 Å². The van der Waals surface area contributed by atoms with Gasteiger partial charge in [-0.05, 0) is 43.7 Å². The number of aliphatic carboxylic acids is 1. The van der Waals surface area contributed by atoms with Crippen molar-refractivity contribution in [2.75, 3.05) is 5.32 Å². The maximum Gasteiger partial charge on any atom is 0.328 e. The van der Waals surface area contributed by atoms with E-state index in [2.05, 4.69) is 10.4 Å². The summed E-state index contributed by atoms with van der Waals surface area (Å²) in [6, 6.07) is 8.65. The van der Waals surface area contributed by atoms with Crippen LogP contribution < -0.4 is 5.32 Å². The highest BCUT2D eigenvalue weighted by molar-refractivity contribution is 6.03. The van der Waals surface area contributed by atoms with Crippen LogP contribution in [0.1, 0.15) is 28.7 Å². The molecular formula is C16H17N3O3. The van der Waals surface area contributed by atoms with Crippen LogP contribution in [0.4, 0.5) is 5.69 Å². The van der Waals surface area contributed by atoms with Crippen LogP contribution in [0.25, 0.3) is 6.08 Å². The van der Waals surface area contributed by atoms with Crippen LogP contribution in [-0.4, -0.2) is 26.8 Å². The van der Waals surface area contributed by atoms with Gasteiger partial charge < -0.3 is 10.4 Å². The van der Waals surface area contributed by atoms with Gasteiger partial charge in [-0.15, -0.1) is 0 Å². The summed E-state index contributed by atoms with van der Waals surface area (Å²) >= 11 is 0. The molecule has 2 aromatic rings. The molecule has 0 saturated heterocycles. The molecule has 1 aromatic heterocycles. The fourth-order valence-corrected chi connectivity index (χ4v) is 2.01. The highest BCUT2D eigenvalue weighted by Gasteiger charge is 2.13. The van der Waals surface area contributed by atoms with Crippen molar-refractivity contribution in [1.82, 2.24) is 9.78 Å². The molecule has 2 rings (SSSR count). The molecule has 0 radical (unpaired) electrons. The zero-order valence-electron chi connectivity index (χ0n) is 12.4. The van der Waals surface area contributed by atoms with Crippen LogP contribution in [0.3, 0.4) is 0 Å². The molecule has 1 aromatic carbocycles. The van der Waals surface area contributed by atoms with E-state index in [0.717, 1.165) is 17.3 Å². The average Bonchev–Trinajstić information content (AvgIpc) is 2.87. The van der Waals surface area contributed by atoms with Crippen LogP contribution >= 0.6 is 0 Å². The molecule has 1 heterocycles. The molecular weight excluding hydrogens is 282 g/mol. The maximum atomic E-state index is 12.2. The highest BCUT2D eigenvalue weighted by atomic mass is 16.4. The molecule has 1 amide bonds. The summed E-state index contributed by atoms with van der Waals surface area (Å²) < 4.78 is 1.65. The third kappa shape index (κ3) is 3.82. The fourth-order valence-electron chi connectivity index (χ4n) is 2.01. The Bertz CT molecular complexity index is 715. The summed E-state index contributed by atoms with van der Waals surface area (Å²) in [5.41, 5.74) is 2.69. The first-order valence-electron chi connectivity index (χ1n) is 6.86. The summed E-state index contributed by atoms with van der Waals surface area (Å²) in [7, 11) is 0. The number of benzene rings is 1. The van der Waals surface area contributed by atoms with Gasteiger partial charge >= 0.3 is 5.97 Å². The maximum absolute atomic E-state index is 12.2. The Balaban J connectivity index is 2.10. The largest absolute Gasteiger partial charge is 0.478 e. The van der Waals surface area contributed by atoms with E-state index in [-0.39, 0.29) is 5.91 Å². The number of aromatic nitrogens is 2. The second-order valence-corrected chi connectivity index (χ2v) is 4.73. The van der Waals surface area contributed by atoms with Gasteiger partial charge in [-0.2, -0.15) is 5.10 Å². The van der Waals surface area contributed by atoms with Crippen LogP contribution in [0.15, 0.2) is 36.4 Å². The number of carboxylic acids is 1. The number of nitrogens with zero attached hydrogens (tertiary/aromatic N) is 2. The van der Waals surface area contributed by atoms with Gasteiger partial charge in [0.15, 0.2) is 0 Å². The van der Waals surface area contributed by atoms with E-state index in [0.29, 0.717) is 17.9 Å². The van der Waals surface area contributed by atoms with E-state index in [9.17, 15) is 9.59 Å². The molecule has 0 saturated carbocycles. The molecule has 114 valence electrons. The van der Waals surface area contributed by atoms with Crippen LogP contribution in [0.5, 0.6) is 0 Å². The fraction of sp³-hybridized carbons (Fsp3) is 0.188. The molecule has 0 spiro atoms. The molecule has 0 unspecified atom stereocenters. The smallest absolute Gasteiger partial charge is 0.328 e. The van der Waals surface area contributed by atoms with E-state index in [4.69, 9.17) is 5.11 Å². The second kappa shape index (κ2) is 6.71. The summed E-state index contributed by atoms with van der Waals surface area (Å²) in [5.74, 6) is -1.23. The number of hydrogen-bond acceptors (Lipinski definition) is 3. The number of aryl methyl sites for hydroxylation is 2. The summed E-state index contributed by atoms with van der Waals surface area (Å²) in [5, 5.41) is 15.6. The standard InChI is InChI=1S/C16H17N3O3/c1-3-19-14(10-11(2)18-19)16(22)17-13-7-4-12(5-8-13)6-9-15(20)21/h4-10H,3H2,1-2H3,(H,17,22)(H,20,21). The Hall–Kier alpha value is -2.89. The van der Waals surface area contributed by atoms with E-state index in [1.54, 1.807) is 35.0 Å². The molecule has 6 nitrogen and oxygen atoms in total. The minimum Gasteiger partial charge on any atom is -0.478 e. The molecule has 6 heteroatoms. The predicted octanol–water partition coefficient (Wildman–Crippen LogP) is 2.56. The molecule has 2 N–H and O–H groups in total. The number of nitrogens with one attached hydrogen (secondary N) is 1. The monoisotopic (exact) mass is 299 g/mol. The lowest BCUT2D eigenvalue weighted by molar-refractivity contribution is -0.131. The van der Waals surface area contributed by atoms with Gasteiger partial charge in [0.25, 0.3) is 5.91 Å². The first-order chi connectivity index (χ1) is 10.5. The summed E-state index contributed by atoms with van der Waals surface area (Å²) in [6.45, 7) is 4.38. The van der Waals surface area contributed by atoms with Crippen molar-refractivity contribution in [2.45, 2.75) is 20.4 Å². The zero-order valence-corrected chi connectivity index (χ0v) is 12.4. The lowest BCUT2D eigenvalue weighted by atomic mass is 10.2. The minimum atomic E-state index is -0.999. The number of carbonyl (C=O) groups is 2. The van der Waals surface area contributed by atoms with Crippen molar-refractivity contribution in [3.63, 3.8) is 0 Å². The Morgan fingerprint density at radius 2 is 2.00 bits per heavy atom. The highest BCUT2D eigenvalue weighted by Crippen LogP contribution is 2.13. The van der Waals surface area contributed by atoms with Gasteiger partial charge in [-0.3, -0.25) is 9.48 Å². The first kappa shape index (κ1) is 15.5. The molecule has 0 atom stereocenters. The van der Waals surface area contributed by atoms with Crippen molar-refractivity contribution in [2.24, 2.45) is 0 Å². The number of anilines is 1. The van der Waals surface area contributed by atoms with Crippen molar-refractivity contribution in [3.8, 4) is 0 Å². The van der Waals surface area contributed by atoms with Gasteiger partial charge in [-0.25, -0.2) is 4.79 Å². The van der Waals surface area contributed by atoms with Crippen molar-refractivity contribution < 1.29 is 14.7 Å². The SMILES string of the molecule is CCn1nc(C)cc1C(=O)Nc1ccc(C=CC(=O)O)cc1. The van der Waals surface area contributed by atoms with E-state index in [1.807, 2.05) is 13.8 Å². The number of carboxylic acid groups (broad SMARTS) is 1. The molecule has 0 bridgehead atoms. The van der Waals surface area contributed by atoms with Gasteiger partial charge in [0.2, 0.25) is 0 Å². The topological polar surface area (TPSA) is 84.2 Å². The molecule has 22 heavy (non-hydrogen) atoms.